The second-order valence-corrected chi connectivity index (χ2v) is 6.15. The summed E-state index contributed by atoms with van der Waals surface area (Å²) < 4.78 is 26.8. The minimum atomic E-state index is -1.50. The van der Waals surface area contributed by atoms with Gasteiger partial charge in [-0.05, 0) is 6.42 Å². The van der Waals surface area contributed by atoms with Crippen LogP contribution in [0.3, 0.4) is 0 Å². The minimum Gasteiger partial charge on any atom is -0.367 e. The lowest BCUT2D eigenvalue weighted by Crippen LogP contribution is -2.60. The zero-order valence-electron chi connectivity index (χ0n) is 11.8. The molecule has 2 aliphatic rings. The van der Waals surface area contributed by atoms with Crippen molar-refractivity contribution in [3.63, 3.8) is 0 Å². The summed E-state index contributed by atoms with van der Waals surface area (Å²) in [5.74, 6) is -0.539. The van der Waals surface area contributed by atoms with Gasteiger partial charge < -0.3 is 20.5 Å². The maximum absolute atomic E-state index is 15.5. The second kappa shape index (κ2) is 4.68. The smallest absolute Gasteiger partial charge is 0.247 e. The molecule has 2 aliphatic heterocycles. The molecule has 0 bridgehead atoms. The minimum absolute atomic E-state index is 0.0430. The average Bonchev–Trinajstić information content (AvgIpc) is 2.53. The standard InChI is InChI=1S/C13H23FN2O3/c1-4-13(14)11(2,3)7-19-12(13)6-16-5-9(10(15)17)18-8-12/h9,16H,4-8H2,1-3H3,(H2,15,17). The summed E-state index contributed by atoms with van der Waals surface area (Å²) in [6, 6.07) is 0. The number of alkyl halides is 1. The van der Waals surface area contributed by atoms with E-state index in [2.05, 4.69) is 5.32 Å². The number of ether oxygens (including phenoxy) is 2. The van der Waals surface area contributed by atoms with Crippen LogP contribution in [0.2, 0.25) is 0 Å². The van der Waals surface area contributed by atoms with E-state index in [1.807, 2.05) is 20.8 Å². The molecule has 3 unspecified atom stereocenters. The molecule has 5 nitrogen and oxygen atoms in total. The third-order valence-corrected chi connectivity index (χ3v) is 4.57. The molecule has 0 radical (unpaired) electrons. The summed E-state index contributed by atoms with van der Waals surface area (Å²) in [7, 11) is 0. The Balaban J connectivity index is 2.26. The van der Waals surface area contributed by atoms with Gasteiger partial charge >= 0.3 is 0 Å². The summed E-state index contributed by atoms with van der Waals surface area (Å²) in [5.41, 5.74) is 2.11. The van der Waals surface area contributed by atoms with Crippen LogP contribution < -0.4 is 11.1 Å². The van der Waals surface area contributed by atoms with Crippen LogP contribution in [0.5, 0.6) is 0 Å². The molecular weight excluding hydrogens is 251 g/mol. The lowest BCUT2D eigenvalue weighted by Gasteiger charge is -2.42. The molecule has 3 atom stereocenters. The topological polar surface area (TPSA) is 73.6 Å². The average molecular weight is 274 g/mol. The highest BCUT2D eigenvalue weighted by Crippen LogP contribution is 2.53. The van der Waals surface area contributed by atoms with Gasteiger partial charge in [0.2, 0.25) is 5.91 Å². The summed E-state index contributed by atoms with van der Waals surface area (Å²) in [5, 5.41) is 3.05. The molecule has 0 saturated carbocycles. The summed E-state index contributed by atoms with van der Waals surface area (Å²) >= 11 is 0. The van der Waals surface area contributed by atoms with Gasteiger partial charge in [-0.25, -0.2) is 4.39 Å². The third-order valence-electron chi connectivity index (χ3n) is 4.57. The second-order valence-electron chi connectivity index (χ2n) is 6.15. The van der Waals surface area contributed by atoms with E-state index >= 15 is 4.39 Å². The molecule has 1 spiro atoms. The Bertz CT molecular complexity index is 377. The SMILES string of the molecule is CCC1(F)C(C)(C)COC12CNCC(C(N)=O)OC2. The van der Waals surface area contributed by atoms with Crippen LogP contribution in [0, 0.1) is 5.41 Å². The van der Waals surface area contributed by atoms with Crippen molar-refractivity contribution in [2.24, 2.45) is 11.1 Å². The maximum atomic E-state index is 15.5. The van der Waals surface area contributed by atoms with Gasteiger partial charge in [0.05, 0.1) is 13.2 Å². The highest BCUT2D eigenvalue weighted by Gasteiger charge is 2.66. The first-order chi connectivity index (χ1) is 8.78. The Morgan fingerprint density at radius 3 is 2.74 bits per heavy atom. The molecule has 110 valence electrons. The van der Waals surface area contributed by atoms with Gasteiger partial charge in [0.1, 0.15) is 17.4 Å². The number of carbonyl (C=O) groups is 1. The molecule has 2 rings (SSSR count). The summed E-state index contributed by atoms with van der Waals surface area (Å²) in [6.07, 6.45) is -0.389. The number of hydrogen-bond donors (Lipinski definition) is 2. The number of halogens is 1. The van der Waals surface area contributed by atoms with Crippen LogP contribution >= 0.6 is 0 Å². The van der Waals surface area contributed by atoms with Crippen LogP contribution in [0.15, 0.2) is 0 Å². The van der Waals surface area contributed by atoms with E-state index in [1.165, 1.54) is 0 Å². The fourth-order valence-corrected chi connectivity index (χ4v) is 3.25. The van der Waals surface area contributed by atoms with E-state index in [9.17, 15) is 4.79 Å². The fraction of sp³-hybridized carbons (Fsp3) is 0.923. The normalized spacial score (nSPS) is 42.2. The predicted molar refractivity (Wildman–Crippen MR) is 68.4 cm³/mol. The molecule has 3 N–H and O–H groups in total. The van der Waals surface area contributed by atoms with Gasteiger partial charge in [0.25, 0.3) is 0 Å². The van der Waals surface area contributed by atoms with Gasteiger partial charge in [-0.3, -0.25) is 4.79 Å². The van der Waals surface area contributed by atoms with E-state index in [0.717, 1.165) is 0 Å². The van der Waals surface area contributed by atoms with Gasteiger partial charge in [0, 0.05) is 18.5 Å². The number of rotatable bonds is 2. The molecule has 2 fully saturated rings. The lowest BCUT2D eigenvalue weighted by molar-refractivity contribution is -0.145. The van der Waals surface area contributed by atoms with Crippen molar-refractivity contribution >= 4 is 5.91 Å². The number of nitrogens with two attached hydrogens (primary N) is 1. The van der Waals surface area contributed by atoms with E-state index in [0.29, 0.717) is 26.1 Å². The van der Waals surface area contributed by atoms with E-state index in [1.54, 1.807) is 0 Å². The Kier molecular flexibility index (Phi) is 3.62. The zero-order valence-corrected chi connectivity index (χ0v) is 11.8. The van der Waals surface area contributed by atoms with Gasteiger partial charge in [-0.15, -0.1) is 0 Å². The molecule has 0 aliphatic carbocycles. The quantitative estimate of drug-likeness (QED) is 0.763. The maximum Gasteiger partial charge on any atom is 0.247 e. The number of primary amides is 1. The van der Waals surface area contributed by atoms with Crippen molar-refractivity contribution < 1.29 is 18.7 Å². The first-order valence-corrected chi connectivity index (χ1v) is 6.72. The van der Waals surface area contributed by atoms with Gasteiger partial charge in [0.15, 0.2) is 0 Å². The lowest BCUT2D eigenvalue weighted by atomic mass is 9.68. The predicted octanol–water partition coefficient (Wildman–Crippen LogP) is 0.374. The van der Waals surface area contributed by atoms with Crippen LogP contribution in [0.25, 0.3) is 0 Å². The first kappa shape index (κ1) is 14.7. The molecule has 2 saturated heterocycles. The number of amides is 1. The molecule has 0 aromatic heterocycles. The monoisotopic (exact) mass is 274 g/mol. The van der Waals surface area contributed by atoms with Gasteiger partial charge in [-0.1, -0.05) is 20.8 Å². The van der Waals surface area contributed by atoms with E-state index < -0.39 is 28.7 Å². The van der Waals surface area contributed by atoms with Crippen LogP contribution in [-0.4, -0.2) is 49.6 Å². The Labute approximate surface area is 113 Å². The Morgan fingerprint density at radius 1 is 1.47 bits per heavy atom. The molecular formula is C13H23FN2O3. The molecule has 0 aromatic rings. The molecule has 19 heavy (non-hydrogen) atoms. The van der Waals surface area contributed by atoms with Crippen LogP contribution in [0.1, 0.15) is 27.2 Å². The zero-order chi connectivity index (χ0) is 14.3. The fourth-order valence-electron chi connectivity index (χ4n) is 3.25. The molecule has 1 amide bonds. The first-order valence-electron chi connectivity index (χ1n) is 6.72. The Morgan fingerprint density at radius 2 is 2.16 bits per heavy atom. The largest absolute Gasteiger partial charge is 0.367 e. The summed E-state index contributed by atoms with van der Waals surface area (Å²) in [6.45, 7) is 6.54. The van der Waals surface area contributed by atoms with E-state index in [4.69, 9.17) is 15.2 Å². The highest BCUT2D eigenvalue weighted by atomic mass is 19.1. The van der Waals surface area contributed by atoms with Crippen LogP contribution in [0.4, 0.5) is 4.39 Å². The van der Waals surface area contributed by atoms with Crippen LogP contribution in [-0.2, 0) is 14.3 Å². The van der Waals surface area contributed by atoms with Crippen molar-refractivity contribution in [3.8, 4) is 0 Å². The number of hydrogen-bond acceptors (Lipinski definition) is 4. The number of nitrogens with one attached hydrogen (secondary N) is 1. The van der Waals surface area contributed by atoms with Crippen molar-refractivity contribution in [1.29, 1.82) is 0 Å². The van der Waals surface area contributed by atoms with E-state index in [-0.39, 0.29) is 6.61 Å². The summed E-state index contributed by atoms with van der Waals surface area (Å²) in [4.78, 5) is 11.2. The molecule has 0 aromatic carbocycles. The molecule has 2 heterocycles. The van der Waals surface area contributed by atoms with Crippen molar-refractivity contribution in [3.05, 3.63) is 0 Å². The Hall–Kier alpha value is -0.720. The van der Waals surface area contributed by atoms with Crippen molar-refractivity contribution in [2.45, 2.75) is 44.6 Å². The molecule has 6 heteroatoms. The number of carbonyl (C=O) groups excluding carboxylic acids is 1. The van der Waals surface area contributed by atoms with Crippen molar-refractivity contribution in [1.82, 2.24) is 5.32 Å². The highest BCUT2D eigenvalue weighted by molar-refractivity contribution is 5.79. The third kappa shape index (κ3) is 2.06. The van der Waals surface area contributed by atoms with Crippen molar-refractivity contribution in [2.75, 3.05) is 26.3 Å². The van der Waals surface area contributed by atoms with Gasteiger partial charge in [-0.2, -0.15) is 0 Å².